The first kappa shape index (κ1) is 23.7. The second-order valence-corrected chi connectivity index (χ2v) is 10.7. The summed E-state index contributed by atoms with van der Waals surface area (Å²) in [4.78, 5) is 0. The summed E-state index contributed by atoms with van der Waals surface area (Å²) in [6, 6.07) is 33.6. The molecule has 27 heavy (non-hydrogen) atoms. The Hall–Kier alpha value is -1.33. The molecule has 0 aliphatic rings. The Balaban J connectivity index is 0.00000182. The summed E-state index contributed by atoms with van der Waals surface area (Å²) in [6.07, 6.45) is 3.79. The van der Waals surface area contributed by atoms with Gasteiger partial charge in [-0.3, -0.25) is 0 Å². The van der Waals surface area contributed by atoms with E-state index >= 15 is 0 Å². The van der Waals surface area contributed by atoms with Crippen molar-refractivity contribution in [1.29, 1.82) is 0 Å². The molecule has 0 aliphatic carbocycles. The summed E-state index contributed by atoms with van der Waals surface area (Å²) in [5.41, 5.74) is 0. The average molecular weight is 420 g/mol. The maximum Gasteiger partial charge on any atom is 0.112 e. The molecule has 0 nitrogen and oxygen atoms in total. The second kappa shape index (κ2) is 11.5. The molecule has 0 atom stereocenters. The van der Waals surface area contributed by atoms with Crippen molar-refractivity contribution in [3.05, 3.63) is 91.0 Å². The van der Waals surface area contributed by atoms with Gasteiger partial charge >= 0.3 is 0 Å². The van der Waals surface area contributed by atoms with Gasteiger partial charge < -0.3 is 0 Å². The maximum atomic E-state index is 2.34. The van der Waals surface area contributed by atoms with Gasteiger partial charge in [0.1, 0.15) is 23.2 Å². The molecule has 0 spiro atoms. The van der Waals surface area contributed by atoms with E-state index in [-0.39, 0.29) is 24.8 Å². The summed E-state index contributed by atoms with van der Waals surface area (Å²) in [6.45, 7) is 4.65. The van der Waals surface area contributed by atoms with E-state index in [1.807, 2.05) is 0 Å². The van der Waals surface area contributed by atoms with Crippen molar-refractivity contribution in [3.63, 3.8) is 0 Å². The Kier molecular flexibility index (Phi) is 10.1. The molecule has 0 aliphatic heterocycles. The van der Waals surface area contributed by atoms with Crippen LogP contribution in [-0.2, 0) is 0 Å². The minimum Gasteiger partial charge on any atom is -0.147 e. The van der Waals surface area contributed by atoms with Crippen molar-refractivity contribution in [2.24, 2.45) is 5.92 Å². The van der Waals surface area contributed by atoms with Gasteiger partial charge in [0, 0.05) is 0 Å². The molecule has 144 valence electrons. The lowest BCUT2D eigenvalue weighted by atomic mass is 10.1. The van der Waals surface area contributed by atoms with Crippen LogP contribution in [0.4, 0.5) is 0 Å². The number of hydrogen-bond acceptors (Lipinski definition) is 0. The number of halogens is 2. The molecule has 0 aromatic heterocycles. The lowest BCUT2D eigenvalue weighted by Gasteiger charge is -2.28. The van der Waals surface area contributed by atoms with Crippen molar-refractivity contribution in [2.75, 3.05) is 6.16 Å². The van der Waals surface area contributed by atoms with Crippen LogP contribution in [0.25, 0.3) is 0 Å². The highest BCUT2D eigenvalue weighted by atomic mass is 35.5. The van der Waals surface area contributed by atoms with E-state index in [2.05, 4.69) is 105 Å². The third-order valence-electron chi connectivity index (χ3n) is 4.87. The van der Waals surface area contributed by atoms with Crippen LogP contribution in [0, 0.1) is 5.92 Å². The van der Waals surface area contributed by atoms with Crippen LogP contribution in [0.1, 0.15) is 26.7 Å². The summed E-state index contributed by atoms with van der Waals surface area (Å²) in [5.74, 6) is 0.754. The van der Waals surface area contributed by atoms with Gasteiger partial charge in [-0.1, -0.05) is 68.4 Å². The maximum absolute atomic E-state index is 2.34. The second-order valence-electron chi connectivity index (χ2n) is 7.08. The van der Waals surface area contributed by atoms with Crippen LogP contribution in [0.5, 0.6) is 0 Å². The van der Waals surface area contributed by atoms with Gasteiger partial charge in [0.2, 0.25) is 0 Å². The molecule has 0 saturated heterocycles. The molecule has 3 aromatic carbocycles. The third kappa shape index (κ3) is 5.58. The highest BCUT2D eigenvalue weighted by molar-refractivity contribution is 7.95. The molecule has 0 radical (unpaired) electrons. The van der Waals surface area contributed by atoms with Gasteiger partial charge in [-0.05, 0) is 55.2 Å². The normalized spacial score (nSPS) is 10.8. The standard InChI is InChI=1S/C24H28P.2ClH/c1-21(2)13-12-20-25(22-14-6-3-7-15-22,23-16-8-4-9-17-23)24-18-10-5-11-19-24;;/h3-11,14-19,21H,12-13,20H2,1-2H3;2*1H/q+1;;. The van der Waals surface area contributed by atoms with Crippen molar-refractivity contribution < 1.29 is 0 Å². The van der Waals surface area contributed by atoms with E-state index in [4.69, 9.17) is 0 Å². The van der Waals surface area contributed by atoms with Crippen molar-refractivity contribution in [1.82, 2.24) is 0 Å². The van der Waals surface area contributed by atoms with Gasteiger partial charge in [0.25, 0.3) is 0 Å². The van der Waals surface area contributed by atoms with Gasteiger partial charge in [-0.2, -0.15) is 0 Å². The smallest absolute Gasteiger partial charge is 0.112 e. The molecular formula is C24H30Cl2P+. The Morgan fingerprint density at radius 1 is 0.593 bits per heavy atom. The SMILES string of the molecule is CC(C)CCC[P+](c1ccccc1)(c1ccccc1)c1ccccc1.Cl.Cl. The highest BCUT2D eigenvalue weighted by Gasteiger charge is 2.44. The van der Waals surface area contributed by atoms with Crippen LogP contribution < -0.4 is 15.9 Å². The van der Waals surface area contributed by atoms with Crippen molar-refractivity contribution in [2.45, 2.75) is 26.7 Å². The molecule has 0 saturated carbocycles. The van der Waals surface area contributed by atoms with Crippen molar-refractivity contribution in [3.8, 4) is 0 Å². The van der Waals surface area contributed by atoms with E-state index in [1.54, 1.807) is 0 Å². The Bertz CT molecular complexity index is 661. The summed E-state index contributed by atoms with van der Waals surface area (Å²) in [5, 5.41) is 4.49. The van der Waals surface area contributed by atoms with E-state index in [1.165, 1.54) is 34.9 Å². The summed E-state index contributed by atoms with van der Waals surface area (Å²) >= 11 is 0. The molecule has 0 bridgehead atoms. The van der Waals surface area contributed by atoms with Crippen LogP contribution in [0.3, 0.4) is 0 Å². The van der Waals surface area contributed by atoms with E-state index in [9.17, 15) is 0 Å². The molecular weight excluding hydrogens is 390 g/mol. The van der Waals surface area contributed by atoms with E-state index < -0.39 is 7.26 Å². The van der Waals surface area contributed by atoms with Crippen LogP contribution in [0.15, 0.2) is 91.0 Å². The predicted molar refractivity (Wildman–Crippen MR) is 129 cm³/mol. The molecule has 0 fully saturated rings. The number of hydrogen-bond donors (Lipinski definition) is 0. The lowest BCUT2D eigenvalue weighted by molar-refractivity contribution is 0.578. The Morgan fingerprint density at radius 2 is 0.926 bits per heavy atom. The fraction of sp³-hybridized carbons (Fsp3) is 0.250. The van der Waals surface area contributed by atoms with Crippen LogP contribution in [0.2, 0.25) is 0 Å². The monoisotopic (exact) mass is 419 g/mol. The van der Waals surface area contributed by atoms with Crippen molar-refractivity contribution >= 4 is 48.0 Å². The summed E-state index contributed by atoms with van der Waals surface area (Å²) in [7, 11) is -1.61. The van der Waals surface area contributed by atoms with Crippen LogP contribution in [-0.4, -0.2) is 6.16 Å². The molecule has 3 heteroatoms. The number of benzene rings is 3. The molecule has 3 rings (SSSR count). The predicted octanol–water partition coefficient (Wildman–Crippen LogP) is 6.26. The first-order valence-corrected chi connectivity index (χ1v) is 11.3. The fourth-order valence-electron chi connectivity index (χ4n) is 3.62. The zero-order valence-electron chi connectivity index (χ0n) is 16.1. The van der Waals surface area contributed by atoms with E-state index in [0.717, 1.165) is 5.92 Å². The number of rotatable bonds is 7. The topological polar surface area (TPSA) is 0 Å². The third-order valence-corrected chi connectivity index (χ3v) is 9.39. The van der Waals surface area contributed by atoms with Gasteiger partial charge in [-0.15, -0.1) is 24.8 Å². The largest absolute Gasteiger partial charge is 0.147 e. The molecule has 0 unspecified atom stereocenters. The Morgan fingerprint density at radius 3 is 1.22 bits per heavy atom. The minimum absolute atomic E-state index is 0. The first-order chi connectivity index (χ1) is 12.2. The zero-order valence-corrected chi connectivity index (χ0v) is 18.7. The van der Waals surface area contributed by atoms with Gasteiger partial charge in [0.05, 0.1) is 6.16 Å². The first-order valence-electron chi connectivity index (χ1n) is 9.28. The van der Waals surface area contributed by atoms with Crippen LogP contribution >= 0.6 is 32.1 Å². The highest BCUT2D eigenvalue weighted by Crippen LogP contribution is 2.56. The minimum atomic E-state index is -1.61. The molecule has 0 amide bonds. The van der Waals surface area contributed by atoms with Gasteiger partial charge in [-0.25, -0.2) is 0 Å². The Labute approximate surface area is 177 Å². The van der Waals surface area contributed by atoms with Gasteiger partial charge in [0.15, 0.2) is 0 Å². The molecule has 0 heterocycles. The fourth-order valence-corrected chi connectivity index (χ4v) is 7.99. The molecule has 0 N–H and O–H groups in total. The average Bonchev–Trinajstić information content (AvgIpc) is 2.67. The lowest BCUT2D eigenvalue weighted by Crippen LogP contribution is -2.33. The zero-order chi connectivity index (χ0) is 17.5. The molecule has 3 aromatic rings. The quantitative estimate of drug-likeness (QED) is 0.396. The van der Waals surface area contributed by atoms with E-state index in [0.29, 0.717) is 0 Å². The summed E-state index contributed by atoms with van der Waals surface area (Å²) < 4.78 is 0.